The molecule has 1 atom stereocenters. The van der Waals surface area contributed by atoms with Crippen LogP contribution in [0.25, 0.3) is 11.4 Å². The van der Waals surface area contributed by atoms with Crippen LogP contribution in [0.4, 0.5) is 4.39 Å². The van der Waals surface area contributed by atoms with Crippen LogP contribution in [0.3, 0.4) is 0 Å². The van der Waals surface area contributed by atoms with Crippen molar-refractivity contribution in [3.8, 4) is 11.4 Å². The molecule has 1 aliphatic heterocycles. The zero-order valence-electron chi connectivity index (χ0n) is 10.1. The second-order valence-electron chi connectivity index (χ2n) is 4.60. The van der Waals surface area contributed by atoms with Crippen molar-refractivity contribution in [1.29, 1.82) is 0 Å². The molecule has 1 aliphatic rings. The van der Waals surface area contributed by atoms with Gasteiger partial charge in [-0.1, -0.05) is 5.16 Å². The van der Waals surface area contributed by atoms with Crippen LogP contribution in [0.15, 0.2) is 28.8 Å². The predicted molar refractivity (Wildman–Crippen MR) is 64.3 cm³/mol. The lowest BCUT2D eigenvalue weighted by atomic mass is 10.2. The molecule has 18 heavy (non-hydrogen) atoms. The van der Waals surface area contributed by atoms with Crippen LogP contribution in [0, 0.1) is 5.82 Å². The van der Waals surface area contributed by atoms with E-state index in [1.165, 1.54) is 12.1 Å². The van der Waals surface area contributed by atoms with E-state index in [0.29, 0.717) is 11.7 Å². The maximum Gasteiger partial charge on any atom is 0.244 e. The Kier molecular flexibility index (Phi) is 2.83. The Morgan fingerprint density at radius 3 is 2.78 bits per heavy atom. The number of hydrogen-bond acceptors (Lipinski definition) is 4. The van der Waals surface area contributed by atoms with Crippen LogP contribution in [-0.2, 0) is 0 Å². The first kappa shape index (κ1) is 11.3. The van der Waals surface area contributed by atoms with Gasteiger partial charge in [-0.3, -0.25) is 4.90 Å². The molecule has 1 aromatic heterocycles. The fraction of sp³-hybridized carbons (Fsp3) is 0.385. The van der Waals surface area contributed by atoms with Gasteiger partial charge in [0.15, 0.2) is 0 Å². The fourth-order valence-corrected chi connectivity index (χ4v) is 2.31. The van der Waals surface area contributed by atoms with E-state index in [0.717, 1.165) is 24.9 Å². The molecule has 0 radical (unpaired) electrons. The highest BCUT2D eigenvalue weighted by Crippen LogP contribution is 2.30. The molecule has 0 amide bonds. The van der Waals surface area contributed by atoms with Gasteiger partial charge in [0.25, 0.3) is 0 Å². The molecule has 1 fully saturated rings. The Hall–Kier alpha value is -1.75. The fourth-order valence-electron chi connectivity index (χ4n) is 2.31. The van der Waals surface area contributed by atoms with Crippen molar-refractivity contribution >= 4 is 0 Å². The topological polar surface area (TPSA) is 42.2 Å². The highest BCUT2D eigenvalue weighted by Gasteiger charge is 2.27. The molecule has 4 nitrogen and oxygen atoms in total. The van der Waals surface area contributed by atoms with E-state index in [-0.39, 0.29) is 11.9 Å². The molecule has 0 bridgehead atoms. The molecule has 0 spiro atoms. The minimum atomic E-state index is -0.266. The summed E-state index contributed by atoms with van der Waals surface area (Å²) in [4.78, 5) is 6.61. The van der Waals surface area contributed by atoms with E-state index in [1.807, 2.05) is 0 Å². The lowest BCUT2D eigenvalue weighted by Gasteiger charge is -2.14. The van der Waals surface area contributed by atoms with Crippen molar-refractivity contribution in [1.82, 2.24) is 15.0 Å². The van der Waals surface area contributed by atoms with Gasteiger partial charge in [0.2, 0.25) is 11.7 Å². The summed E-state index contributed by atoms with van der Waals surface area (Å²) in [5.74, 6) is 0.901. The molecule has 3 rings (SSSR count). The Balaban J connectivity index is 1.87. The molecule has 0 aliphatic carbocycles. The van der Waals surface area contributed by atoms with E-state index in [1.54, 1.807) is 12.1 Å². The second kappa shape index (κ2) is 4.49. The number of hydrogen-bond donors (Lipinski definition) is 0. The van der Waals surface area contributed by atoms with Crippen LogP contribution in [0.2, 0.25) is 0 Å². The SMILES string of the molecule is CN1CCC[C@H]1c1nc(-c2ccc(F)cc2)no1. The van der Waals surface area contributed by atoms with E-state index in [9.17, 15) is 4.39 Å². The van der Waals surface area contributed by atoms with Crippen LogP contribution in [0.5, 0.6) is 0 Å². The zero-order valence-corrected chi connectivity index (χ0v) is 10.1. The van der Waals surface area contributed by atoms with Gasteiger partial charge >= 0.3 is 0 Å². The van der Waals surface area contributed by atoms with E-state index < -0.39 is 0 Å². The minimum Gasteiger partial charge on any atom is -0.337 e. The summed E-state index contributed by atoms with van der Waals surface area (Å²) in [6.07, 6.45) is 2.19. The smallest absolute Gasteiger partial charge is 0.244 e. The molecular formula is C13H14FN3O. The Morgan fingerprint density at radius 1 is 1.33 bits per heavy atom. The normalized spacial score (nSPS) is 20.4. The highest BCUT2D eigenvalue weighted by molar-refractivity contribution is 5.53. The average Bonchev–Trinajstić information content (AvgIpc) is 2.98. The Morgan fingerprint density at radius 2 is 2.11 bits per heavy atom. The zero-order chi connectivity index (χ0) is 12.5. The van der Waals surface area contributed by atoms with Gasteiger partial charge in [-0.15, -0.1) is 0 Å². The van der Waals surface area contributed by atoms with Gasteiger partial charge in [-0.25, -0.2) is 4.39 Å². The summed E-state index contributed by atoms with van der Waals surface area (Å²) in [6, 6.07) is 6.32. The van der Waals surface area contributed by atoms with Crippen molar-refractivity contribution in [2.24, 2.45) is 0 Å². The first-order valence-electron chi connectivity index (χ1n) is 6.04. The lowest BCUT2D eigenvalue weighted by Crippen LogP contribution is -2.17. The second-order valence-corrected chi connectivity index (χ2v) is 4.60. The van der Waals surface area contributed by atoms with Gasteiger partial charge in [0.05, 0.1) is 6.04 Å². The van der Waals surface area contributed by atoms with Gasteiger partial charge < -0.3 is 4.52 Å². The number of rotatable bonds is 2. The van der Waals surface area contributed by atoms with Gasteiger partial charge in [0.1, 0.15) is 5.82 Å². The quantitative estimate of drug-likeness (QED) is 0.818. The molecule has 1 aromatic carbocycles. The van der Waals surface area contributed by atoms with E-state index in [2.05, 4.69) is 22.1 Å². The maximum atomic E-state index is 12.8. The summed E-state index contributed by atoms with van der Waals surface area (Å²) in [5.41, 5.74) is 0.770. The number of likely N-dealkylation sites (tertiary alicyclic amines) is 1. The summed E-state index contributed by atoms with van der Waals surface area (Å²) >= 11 is 0. The van der Waals surface area contributed by atoms with E-state index in [4.69, 9.17) is 4.52 Å². The lowest BCUT2D eigenvalue weighted by molar-refractivity contribution is 0.245. The number of aromatic nitrogens is 2. The van der Waals surface area contributed by atoms with Gasteiger partial charge in [-0.2, -0.15) is 4.98 Å². The molecular weight excluding hydrogens is 233 g/mol. The standard InChI is InChI=1S/C13H14FN3O/c1-17-8-2-3-11(17)13-15-12(16-18-13)9-4-6-10(14)7-5-9/h4-7,11H,2-3,8H2,1H3/t11-/m0/s1. The summed E-state index contributed by atoms with van der Waals surface area (Å²) in [6.45, 7) is 1.05. The van der Waals surface area contributed by atoms with Crippen molar-refractivity contribution in [2.45, 2.75) is 18.9 Å². The van der Waals surface area contributed by atoms with E-state index >= 15 is 0 Å². The average molecular weight is 247 g/mol. The van der Waals surface area contributed by atoms with Crippen LogP contribution >= 0.6 is 0 Å². The monoisotopic (exact) mass is 247 g/mol. The van der Waals surface area contributed by atoms with Crippen molar-refractivity contribution in [3.05, 3.63) is 36.0 Å². The van der Waals surface area contributed by atoms with Crippen LogP contribution in [-0.4, -0.2) is 28.6 Å². The molecule has 1 saturated heterocycles. The molecule has 0 saturated carbocycles. The molecule has 94 valence electrons. The van der Waals surface area contributed by atoms with Gasteiger partial charge in [0, 0.05) is 5.56 Å². The van der Waals surface area contributed by atoms with Crippen molar-refractivity contribution < 1.29 is 8.91 Å². The first-order chi connectivity index (χ1) is 8.74. The number of benzene rings is 1. The molecule has 2 heterocycles. The molecule has 2 aromatic rings. The molecule has 0 N–H and O–H groups in total. The first-order valence-corrected chi connectivity index (χ1v) is 6.04. The third-order valence-corrected chi connectivity index (χ3v) is 3.35. The minimum absolute atomic E-state index is 0.215. The maximum absolute atomic E-state index is 12.8. The highest BCUT2D eigenvalue weighted by atomic mass is 19.1. The Labute approximate surface area is 104 Å². The van der Waals surface area contributed by atoms with Crippen molar-refractivity contribution in [3.63, 3.8) is 0 Å². The molecule has 5 heteroatoms. The number of halogens is 1. The predicted octanol–water partition coefficient (Wildman–Crippen LogP) is 2.64. The third kappa shape index (κ3) is 2.01. The number of nitrogens with zero attached hydrogens (tertiary/aromatic N) is 3. The Bertz CT molecular complexity index is 537. The molecule has 0 unspecified atom stereocenters. The van der Waals surface area contributed by atoms with Crippen LogP contribution < -0.4 is 0 Å². The summed E-state index contributed by atoms with van der Waals surface area (Å²) in [5, 5.41) is 3.96. The largest absolute Gasteiger partial charge is 0.337 e. The summed E-state index contributed by atoms with van der Waals surface area (Å²) in [7, 11) is 2.05. The third-order valence-electron chi connectivity index (χ3n) is 3.35. The van der Waals surface area contributed by atoms with Gasteiger partial charge in [-0.05, 0) is 50.7 Å². The van der Waals surface area contributed by atoms with Crippen molar-refractivity contribution in [2.75, 3.05) is 13.6 Å². The summed E-state index contributed by atoms with van der Waals surface area (Å²) < 4.78 is 18.1. The van der Waals surface area contributed by atoms with Crippen LogP contribution in [0.1, 0.15) is 24.8 Å².